The Bertz CT molecular complexity index is 418. The van der Waals surface area contributed by atoms with Gasteiger partial charge in [-0.2, -0.15) is 0 Å². The van der Waals surface area contributed by atoms with E-state index >= 15 is 0 Å². The minimum atomic E-state index is 0.210. The summed E-state index contributed by atoms with van der Waals surface area (Å²) in [4.78, 5) is 2.49. The first kappa shape index (κ1) is 14.1. The summed E-state index contributed by atoms with van der Waals surface area (Å²) in [5, 5.41) is 5.00. The predicted octanol–water partition coefficient (Wildman–Crippen LogP) is 3.22. The first-order chi connectivity index (χ1) is 8.46. The third-order valence-electron chi connectivity index (χ3n) is 3.36. The van der Waals surface area contributed by atoms with E-state index in [0.29, 0.717) is 5.02 Å². The molecule has 0 unspecified atom stereocenters. The molecule has 0 saturated carbocycles. The largest absolute Gasteiger partial charge is 0.309 e. The lowest BCUT2D eigenvalue weighted by Crippen LogP contribution is -2.57. The molecule has 1 aromatic rings. The van der Waals surface area contributed by atoms with Gasteiger partial charge >= 0.3 is 0 Å². The van der Waals surface area contributed by atoms with Gasteiger partial charge in [-0.05, 0) is 38.0 Å². The molecule has 0 bridgehead atoms. The van der Waals surface area contributed by atoms with E-state index in [2.05, 4.69) is 24.1 Å². The lowest BCUT2D eigenvalue weighted by Gasteiger charge is -2.39. The van der Waals surface area contributed by atoms with E-state index in [1.165, 1.54) is 5.56 Å². The lowest BCUT2D eigenvalue weighted by molar-refractivity contribution is 0.156. The number of rotatable bonds is 3. The van der Waals surface area contributed by atoms with Gasteiger partial charge in [0.15, 0.2) is 0 Å². The number of piperazine rings is 1. The molecule has 1 aliphatic rings. The minimum absolute atomic E-state index is 0.210. The maximum atomic E-state index is 6.19. The number of benzene rings is 1. The van der Waals surface area contributed by atoms with E-state index < -0.39 is 0 Å². The van der Waals surface area contributed by atoms with Gasteiger partial charge in [0.2, 0.25) is 0 Å². The van der Waals surface area contributed by atoms with Gasteiger partial charge in [0.05, 0.1) is 0 Å². The molecule has 1 aromatic carbocycles. The fraction of sp³-hybridized carbons (Fsp3) is 0.571. The molecule has 0 atom stereocenters. The molecule has 18 heavy (non-hydrogen) atoms. The van der Waals surface area contributed by atoms with Crippen molar-refractivity contribution in [3.8, 4) is 0 Å². The monoisotopic (exact) mass is 286 g/mol. The molecule has 2 nitrogen and oxygen atoms in total. The standard InChI is InChI=1S/C14H20Cl2N2/c1-14(2)10-18(8-6-17-14)7-5-11-3-4-12(15)9-13(11)16/h3-4,9,17H,5-8,10H2,1-2H3. The molecule has 2 rings (SSSR count). The van der Waals surface area contributed by atoms with E-state index in [9.17, 15) is 0 Å². The Balaban J connectivity index is 1.91. The molecule has 0 aromatic heterocycles. The summed E-state index contributed by atoms with van der Waals surface area (Å²) in [6.07, 6.45) is 0.978. The smallest absolute Gasteiger partial charge is 0.0453 e. The number of nitrogens with one attached hydrogen (secondary N) is 1. The molecule has 1 aliphatic heterocycles. The van der Waals surface area contributed by atoms with Crippen molar-refractivity contribution in [2.75, 3.05) is 26.2 Å². The lowest BCUT2D eigenvalue weighted by atomic mass is 10.0. The highest BCUT2D eigenvalue weighted by atomic mass is 35.5. The highest BCUT2D eigenvalue weighted by Crippen LogP contribution is 2.22. The van der Waals surface area contributed by atoms with Crippen LogP contribution in [0.2, 0.25) is 10.0 Å². The van der Waals surface area contributed by atoms with E-state index in [0.717, 1.165) is 37.6 Å². The molecule has 0 spiro atoms. The Hall–Kier alpha value is -0.280. The zero-order valence-electron chi connectivity index (χ0n) is 11.0. The van der Waals surface area contributed by atoms with Crippen molar-refractivity contribution in [2.45, 2.75) is 25.8 Å². The van der Waals surface area contributed by atoms with Crippen molar-refractivity contribution in [2.24, 2.45) is 0 Å². The van der Waals surface area contributed by atoms with Crippen LogP contribution in [-0.2, 0) is 6.42 Å². The van der Waals surface area contributed by atoms with Crippen LogP contribution in [-0.4, -0.2) is 36.6 Å². The van der Waals surface area contributed by atoms with Gasteiger partial charge in [0.25, 0.3) is 0 Å². The molecule has 1 fully saturated rings. The van der Waals surface area contributed by atoms with Gasteiger partial charge in [0.1, 0.15) is 0 Å². The molecule has 0 aliphatic carbocycles. The molecular weight excluding hydrogens is 267 g/mol. The van der Waals surface area contributed by atoms with Crippen LogP contribution >= 0.6 is 23.2 Å². The molecule has 4 heteroatoms. The molecule has 1 heterocycles. The maximum absolute atomic E-state index is 6.19. The molecule has 1 N–H and O–H groups in total. The van der Waals surface area contributed by atoms with E-state index in [1.54, 1.807) is 0 Å². The minimum Gasteiger partial charge on any atom is -0.309 e. The number of halogens is 2. The molecule has 0 radical (unpaired) electrons. The van der Waals surface area contributed by atoms with Gasteiger partial charge < -0.3 is 5.32 Å². The number of hydrogen-bond acceptors (Lipinski definition) is 2. The average molecular weight is 287 g/mol. The summed E-state index contributed by atoms with van der Waals surface area (Å²) in [6, 6.07) is 5.75. The SMILES string of the molecule is CC1(C)CN(CCc2ccc(Cl)cc2Cl)CCN1. The summed E-state index contributed by atoms with van der Waals surface area (Å²) in [6.45, 7) is 8.78. The van der Waals surface area contributed by atoms with Crippen LogP contribution in [0, 0.1) is 0 Å². The highest BCUT2D eigenvalue weighted by molar-refractivity contribution is 6.35. The normalized spacial score (nSPS) is 20.0. The van der Waals surface area contributed by atoms with Gasteiger partial charge in [0, 0.05) is 41.8 Å². The second-order valence-corrected chi connectivity index (χ2v) is 6.42. The van der Waals surface area contributed by atoms with Crippen molar-refractivity contribution in [1.29, 1.82) is 0 Å². The van der Waals surface area contributed by atoms with Crippen molar-refractivity contribution >= 4 is 23.2 Å². The molecule has 100 valence electrons. The van der Waals surface area contributed by atoms with Crippen LogP contribution in [0.1, 0.15) is 19.4 Å². The Morgan fingerprint density at radius 2 is 2.11 bits per heavy atom. The van der Waals surface area contributed by atoms with Gasteiger partial charge in [-0.3, -0.25) is 4.90 Å². The quantitative estimate of drug-likeness (QED) is 0.918. The third-order valence-corrected chi connectivity index (χ3v) is 3.95. The van der Waals surface area contributed by atoms with Crippen LogP contribution in [0.3, 0.4) is 0 Å². The van der Waals surface area contributed by atoms with Crippen molar-refractivity contribution in [3.05, 3.63) is 33.8 Å². The van der Waals surface area contributed by atoms with Crippen molar-refractivity contribution in [3.63, 3.8) is 0 Å². The molecule has 0 amide bonds. The highest BCUT2D eigenvalue weighted by Gasteiger charge is 2.25. The van der Waals surface area contributed by atoms with Gasteiger partial charge in [-0.25, -0.2) is 0 Å². The third kappa shape index (κ3) is 3.86. The fourth-order valence-electron chi connectivity index (χ4n) is 2.44. The van der Waals surface area contributed by atoms with E-state index in [4.69, 9.17) is 23.2 Å². The van der Waals surface area contributed by atoms with Crippen molar-refractivity contribution in [1.82, 2.24) is 10.2 Å². The second kappa shape index (κ2) is 5.79. The summed E-state index contributed by atoms with van der Waals surface area (Å²) in [5.74, 6) is 0. The summed E-state index contributed by atoms with van der Waals surface area (Å²) in [5.41, 5.74) is 1.39. The average Bonchev–Trinajstić information content (AvgIpc) is 2.26. The Morgan fingerprint density at radius 1 is 1.33 bits per heavy atom. The van der Waals surface area contributed by atoms with Gasteiger partial charge in [-0.15, -0.1) is 0 Å². The zero-order valence-corrected chi connectivity index (χ0v) is 12.5. The summed E-state index contributed by atoms with van der Waals surface area (Å²) >= 11 is 12.1. The van der Waals surface area contributed by atoms with Crippen LogP contribution in [0.25, 0.3) is 0 Å². The second-order valence-electron chi connectivity index (χ2n) is 5.57. The fourth-order valence-corrected chi connectivity index (χ4v) is 2.94. The Labute approximate surface area is 119 Å². The van der Waals surface area contributed by atoms with E-state index in [-0.39, 0.29) is 5.54 Å². The van der Waals surface area contributed by atoms with Crippen LogP contribution < -0.4 is 5.32 Å². The first-order valence-electron chi connectivity index (χ1n) is 6.38. The van der Waals surface area contributed by atoms with Crippen LogP contribution in [0.4, 0.5) is 0 Å². The maximum Gasteiger partial charge on any atom is 0.0453 e. The topological polar surface area (TPSA) is 15.3 Å². The number of nitrogens with zero attached hydrogens (tertiary/aromatic N) is 1. The first-order valence-corrected chi connectivity index (χ1v) is 7.13. The predicted molar refractivity (Wildman–Crippen MR) is 78.7 cm³/mol. The summed E-state index contributed by atoms with van der Waals surface area (Å²) < 4.78 is 0. The van der Waals surface area contributed by atoms with Gasteiger partial charge in [-0.1, -0.05) is 29.3 Å². The van der Waals surface area contributed by atoms with E-state index in [1.807, 2.05) is 18.2 Å². The number of hydrogen-bond donors (Lipinski definition) is 1. The Morgan fingerprint density at radius 3 is 2.78 bits per heavy atom. The molecular formula is C14H20Cl2N2. The van der Waals surface area contributed by atoms with Crippen molar-refractivity contribution < 1.29 is 0 Å². The Kier molecular flexibility index (Phi) is 4.54. The molecule has 1 saturated heterocycles. The van der Waals surface area contributed by atoms with Crippen LogP contribution in [0.15, 0.2) is 18.2 Å². The van der Waals surface area contributed by atoms with Crippen LogP contribution in [0.5, 0.6) is 0 Å². The zero-order chi connectivity index (χ0) is 13.2. The summed E-state index contributed by atoms with van der Waals surface area (Å²) in [7, 11) is 0.